The second-order valence-electron chi connectivity index (χ2n) is 4.98. The summed E-state index contributed by atoms with van der Waals surface area (Å²) in [7, 11) is 1.68. The Labute approximate surface area is 135 Å². The summed E-state index contributed by atoms with van der Waals surface area (Å²) >= 11 is 3.54. The number of halogens is 1. The number of hydrogen-bond donors (Lipinski definition) is 1. The molecule has 0 aliphatic carbocycles. The van der Waals surface area contributed by atoms with Gasteiger partial charge >= 0.3 is 0 Å². The first kappa shape index (κ1) is 15.9. The van der Waals surface area contributed by atoms with E-state index in [-0.39, 0.29) is 0 Å². The minimum Gasteiger partial charge on any atom is -0.496 e. The van der Waals surface area contributed by atoms with Crippen LogP contribution < -0.4 is 10.1 Å². The van der Waals surface area contributed by atoms with E-state index < -0.39 is 0 Å². The highest BCUT2D eigenvalue weighted by molar-refractivity contribution is 9.10. The zero-order chi connectivity index (χ0) is 15.2. The Hall–Kier alpha value is -1.48. The lowest BCUT2D eigenvalue weighted by atomic mass is 10.0. The molecule has 0 radical (unpaired) electrons. The number of anilines is 1. The SMILES string of the molecule is CCc1cccc(CC)c1NCc1ccc(OC)c(Br)c1. The van der Waals surface area contributed by atoms with Crippen LogP contribution in [0.25, 0.3) is 0 Å². The smallest absolute Gasteiger partial charge is 0.133 e. The molecule has 0 aliphatic heterocycles. The van der Waals surface area contributed by atoms with Crippen LogP contribution in [0.2, 0.25) is 0 Å². The van der Waals surface area contributed by atoms with Gasteiger partial charge in [-0.3, -0.25) is 0 Å². The van der Waals surface area contributed by atoms with E-state index >= 15 is 0 Å². The molecule has 0 spiro atoms. The van der Waals surface area contributed by atoms with E-state index in [0.29, 0.717) is 0 Å². The van der Waals surface area contributed by atoms with Gasteiger partial charge in [-0.05, 0) is 57.6 Å². The molecule has 2 rings (SSSR count). The van der Waals surface area contributed by atoms with Crippen molar-refractivity contribution in [3.63, 3.8) is 0 Å². The molecule has 2 aromatic carbocycles. The first-order valence-corrected chi connectivity index (χ1v) is 8.15. The molecule has 0 saturated heterocycles. The van der Waals surface area contributed by atoms with Crippen LogP contribution in [-0.2, 0) is 19.4 Å². The first-order valence-electron chi connectivity index (χ1n) is 7.36. The average Bonchev–Trinajstić information content (AvgIpc) is 2.52. The Morgan fingerprint density at radius 3 is 2.24 bits per heavy atom. The molecule has 0 heterocycles. The molecule has 0 bridgehead atoms. The maximum Gasteiger partial charge on any atom is 0.133 e. The van der Waals surface area contributed by atoms with Gasteiger partial charge in [-0.1, -0.05) is 38.1 Å². The lowest BCUT2D eigenvalue weighted by Gasteiger charge is -2.16. The highest BCUT2D eigenvalue weighted by Gasteiger charge is 2.07. The number of para-hydroxylation sites is 1. The molecule has 0 amide bonds. The summed E-state index contributed by atoms with van der Waals surface area (Å²) in [6.45, 7) is 5.21. The van der Waals surface area contributed by atoms with Crippen molar-refractivity contribution in [3.8, 4) is 5.75 Å². The number of ether oxygens (including phenoxy) is 1. The van der Waals surface area contributed by atoms with Crippen LogP contribution in [0.15, 0.2) is 40.9 Å². The minimum absolute atomic E-state index is 0.812. The van der Waals surface area contributed by atoms with Crippen molar-refractivity contribution in [1.29, 1.82) is 0 Å². The fourth-order valence-electron chi connectivity index (χ4n) is 2.48. The van der Waals surface area contributed by atoms with E-state index in [9.17, 15) is 0 Å². The molecule has 0 unspecified atom stereocenters. The van der Waals surface area contributed by atoms with Crippen molar-refractivity contribution in [1.82, 2.24) is 0 Å². The molecular formula is C18H22BrNO. The van der Waals surface area contributed by atoms with Gasteiger partial charge in [0.05, 0.1) is 11.6 Å². The van der Waals surface area contributed by atoms with Gasteiger partial charge in [-0.15, -0.1) is 0 Å². The monoisotopic (exact) mass is 347 g/mol. The number of hydrogen-bond acceptors (Lipinski definition) is 2. The summed E-state index contributed by atoms with van der Waals surface area (Å²) in [4.78, 5) is 0. The molecule has 2 aromatic rings. The Morgan fingerprint density at radius 1 is 1.05 bits per heavy atom. The van der Waals surface area contributed by atoms with Gasteiger partial charge in [-0.2, -0.15) is 0 Å². The Morgan fingerprint density at radius 2 is 1.71 bits per heavy atom. The van der Waals surface area contributed by atoms with Crippen molar-refractivity contribution in [2.75, 3.05) is 12.4 Å². The summed E-state index contributed by atoms with van der Waals surface area (Å²) in [6.07, 6.45) is 2.09. The third-order valence-electron chi connectivity index (χ3n) is 3.68. The van der Waals surface area contributed by atoms with Gasteiger partial charge < -0.3 is 10.1 Å². The highest BCUT2D eigenvalue weighted by Crippen LogP contribution is 2.27. The summed E-state index contributed by atoms with van der Waals surface area (Å²) in [5.41, 5.74) is 5.27. The van der Waals surface area contributed by atoms with Crippen LogP contribution in [0, 0.1) is 0 Å². The molecular weight excluding hydrogens is 326 g/mol. The number of nitrogens with one attached hydrogen (secondary N) is 1. The largest absolute Gasteiger partial charge is 0.496 e. The molecule has 112 valence electrons. The average molecular weight is 348 g/mol. The number of methoxy groups -OCH3 is 1. The van der Waals surface area contributed by atoms with Crippen LogP contribution in [-0.4, -0.2) is 7.11 Å². The maximum absolute atomic E-state index is 5.27. The highest BCUT2D eigenvalue weighted by atomic mass is 79.9. The molecule has 0 aromatic heterocycles. The molecule has 2 nitrogen and oxygen atoms in total. The number of benzene rings is 2. The minimum atomic E-state index is 0.812. The van der Waals surface area contributed by atoms with Crippen molar-refractivity contribution in [2.24, 2.45) is 0 Å². The fraction of sp³-hybridized carbons (Fsp3) is 0.333. The lowest BCUT2D eigenvalue weighted by molar-refractivity contribution is 0.412. The summed E-state index contributed by atoms with van der Waals surface area (Å²) in [6, 6.07) is 12.7. The standard InChI is InChI=1S/C18H22BrNO/c1-4-14-7-6-8-15(5-2)18(14)20-12-13-9-10-17(21-3)16(19)11-13/h6-11,20H,4-5,12H2,1-3H3. The maximum atomic E-state index is 5.27. The van der Waals surface area contributed by atoms with Crippen molar-refractivity contribution >= 4 is 21.6 Å². The van der Waals surface area contributed by atoms with E-state index in [4.69, 9.17) is 4.74 Å². The van der Waals surface area contributed by atoms with Gasteiger partial charge in [0.25, 0.3) is 0 Å². The van der Waals surface area contributed by atoms with Gasteiger partial charge in [0.2, 0.25) is 0 Å². The lowest BCUT2D eigenvalue weighted by Crippen LogP contribution is -2.05. The number of aryl methyl sites for hydroxylation is 2. The summed E-state index contributed by atoms with van der Waals surface area (Å²) in [5, 5.41) is 3.60. The summed E-state index contributed by atoms with van der Waals surface area (Å²) < 4.78 is 6.26. The Balaban J connectivity index is 2.18. The van der Waals surface area contributed by atoms with Crippen LogP contribution >= 0.6 is 15.9 Å². The topological polar surface area (TPSA) is 21.3 Å². The van der Waals surface area contributed by atoms with Crippen molar-refractivity contribution < 1.29 is 4.74 Å². The zero-order valence-electron chi connectivity index (χ0n) is 12.9. The molecule has 0 fully saturated rings. The van der Waals surface area contributed by atoms with E-state index in [1.165, 1.54) is 22.4 Å². The van der Waals surface area contributed by atoms with Crippen LogP contribution in [0.4, 0.5) is 5.69 Å². The third kappa shape index (κ3) is 3.79. The molecule has 3 heteroatoms. The molecule has 0 atom stereocenters. The number of rotatable bonds is 6. The third-order valence-corrected chi connectivity index (χ3v) is 4.30. The predicted octanol–water partition coefficient (Wildman–Crippen LogP) is 5.19. The van der Waals surface area contributed by atoms with E-state index in [2.05, 4.69) is 65.4 Å². The van der Waals surface area contributed by atoms with Crippen molar-refractivity contribution in [2.45, 2.75) is 33.2 Å². The second kappa shape index (κ2) is 7.51. The second-order valence-corrected chi connectivity index (χ2v) is 5.84. The quantitative estimate of drug-likeness (QED) is 0.775. The molecule has 21 heavy (non-hydrogen) atoms. The zero-order valence-corrected chi connectivity index (χ0v) is 14.5. The van der Waals surface area contributed by atoms with Gasteiger partial charge in [-0.25, -0.2) is 0 Å². The molecule has 0 saturated carbocycles. The van der Waals surface area contributed by atoms with E-state index in [0.717, 1.165) is 29.6 Å². The normalized spacial score (nSPS) is 10.5. The summed E-state index contributed by atoms with van der Waals surface area (Å²) in [5.74, 6) is 0.863. The van der Waals surface area contributed by atoms with Gasteiger partial charge in [0.1, 0.15) is 5.75 Å². The van der Waals surface area contributed by atoms with Gasteiger partial charge in [0.15, 0.2) is 0 Å². The van der Waals surface area contributed by atoms with Crippen LogP contribution in [0.5, 0.6) is 5.75 Å². The molecule has 1 N–H and O–H groups in total. The fourth-order valence-corrected chi connectivity index (χ4v) is 3.07. The van der Waals surface area contributed by atoms with Gasteiger partial charge in [0, 0.05) is 12.2 Å². The van der Waals surface area contributed by atoms with Crippen molar-refractivity contribution in [3.05, 3.63) is 57.6 Å². The Bertz CT molecular complexity index is 588. The van der Waals surface area contributed by atoms with Crippen LogP contribution in [0.3, 0.4) is 0 Å². The molecule has 0 aliphatic rings. The van der Waals surface area contributed by atoms with E-state index in [1.54, 1.807) is 7.11 Å². The van der Waals surface area contributed by atoms with E-state index in [1.807, 2.05) is 6.07 Å². The first-order chi connectivity index (χ1) is 10.2. The van der Waals surface area contributed by atoms with Crippen LogP contribution in [0.1, 0.15) is 30.5 Å². The Kier molecular flexibility index (Phi) is 5.68. The predicted molar refractivity (Wildman–Crippen MR) is 93.2 cm³/mol.